The summed E-state index contributed by atoms with van der Waals surface area (Å²) in [5.41, 5.74) is 5.06. The average molecular weight is 470 g/mol. The Labute approximate surface area is 204 Å². The Bertz CT molecular complexity index is 1350. The lowest BCUT2D eigenvalue weighted by atomic mass is 9.95. The summed E-state index contributed by atoms with van der Waals surface area (Å²) >= 11 is 0. The maximum absolute atomic E-state index is 13.3. The number of anilines is 1. The van der Waals surface area contributed by atoms with E-state index < -0.39 is 17.7 Å². The zero-order valence-corrected chi connectivity index (χ0v) is 20.0. The molecule has 0 radical (unpaired) electrons. The second-order valence-corrected chi connectivity index (χ2v) is 9.10. The molecule has 1 unspecified atom stereocenters. The molecule has 1 aromatic heterocycles. The third kappa shape index (κ3) is 4.03. The molecule has 2 aliphatic rings. The van der Waals surface area contributed by atoms with E-state index >= 15 is 0 Å². The van der Waals surface area contributed by atoms with Gasteiger partial charge < -0.3 is 19.6 Å². The van der Waals surface area contributed by atoms with Gasteiger partial charge in [0.05, 0.1) is 23.8 Å². The van der Waals surface area contributed by atoms with Crippen molar-refractivity contribution in [3.63, 3.8) is 0 Å². The van der Waals surface area contributed by atoms with E-state index in [2.05, 4.69) is 4.98 Å². The van der Waals surface area contributed by atoms with E-state index in [1.54, 1.807) is 36.7 Å². The number of fused-ring (bicyclic) bond motifs is 1. The van der Waals surface area contributed by atoms with Gasteiger partial charge in [0.25, 0.3) is 11.7 Å². The number of nitrogens with zero attached hydrogens (tertiary/aromatic N) is 3. The predicted molar refractivity (Wildman–Crippen MR) is 133 cm³/mol. The molecular formula is C28H27N3O4. The number of ether oxygens (including phenoxy) is 1. The van der Waals surface area contributed by atoms with Gasteiger partial charge in [0.15, 0.2) is 0 Å². The van der Waals surface area contributed by atoms with Crippen LogP contribution in [0.3, 0.4) is 0 Å². The highest BCUT2D eigenvalue weighted by molar-refractivity contribution is 6.46. The Balaban J connectivity index is 1.64. The van der Waals surface area contributed by atoms with Gasteiger partial charge in [-0.25, -0.2) is 0 Å². The minimum absolute atomic E-state index is 0.0626. The third-order valence-corrected chi connectivity index (χ3v) is 6.71. The lowest BCUT2D eigenvalue weighted by Crippen LogP contribution is -2.29. The van der Waals surface area contributed by atoms with Crippen LogP contribution in [0.25, 0.3) is 5.76 Å². The van der Waals surface area contributed by atoms with Crippen molar-refractivity contribution in [2.75, 3.05) is 25.1 Å². The first-order valence-electron chi connectivity index (χ1n) is 11.6. The van der Waals surface area contributed by atoms with Crippen molar-refractivity contribution in [2.24, 2.45) is 0 Å². The lowest BCUT2D eigenvalue weighted by Gasteiger charge is -2.28. The van der Waals surface area contributed by atoms with Crippen LogP contribution in [-0.4, -0.2) is 46.9 Å². The number of Topliss-reactive ketones (excluding diaryl/α,β-unsaturated/α-hetero) is 1. The number of pyridine rings is 1. The lowest BCUT2D eigenvalue weighted by molar-refractivity contribution is -0.140. The highest BCUT2D eigenvalue weighted by Gasteiger charge is 2.46. The van der Waals surface area contributed by atoms with Crippen LogP contribution in [0.5, 0.6) is 5.75 Å². The number of rotatable bonds is 4. The smallest absolute Gasteiger partial charge is 0.295 e. The second kappa shape index (κ2) is 8.91. The number of aliphatic hydroxyl groups is 1. The number of carbonyl (C=O) groups excluding carboxylic acids is 2. The van der Waals surface area contributed by atoms with Crippen LogP contribution in [0.2, 0.25) is 0 Å². The van der Waals surface area contributed by atoms with Crippen LogP contribution in [0, 0.1) is 13.8 Å². The number of benzene rings is 2. The number of carbonyl (C=O) groups is 2. The van der Waals surface area contributed by atoms with Gasteiger partial charge in [-0.1, -0.05) is 29.8 Å². The largest absolute Gasteiger partial charge is 0.507 e. The van der Waals surface area contributed by atoms with Gasteiger partial charge in [0.2, 0.25) is 0 Å². The van der Waals surface area contributed by atoms with E-state index in [-0.39, 0.29) is 17.9 Å². The van der Waals surface area contributed by atoms with E-state index in [9.17, 15) is 14.7 Å². The van der Waals surface area contributed by atoms with Gasteiger partial charge in [-0.2, -0.15) is 0 Å². The number of ketones is 1. The molecular weight excluding hydrogens is 442 g/mol. The number of amides is 1. The molecule has 3 heterocycles. The predicted octanol–water partition coefficient (Wildman–Crippen LogP) is 4.15. The van der Waals surface area contributed by atoms with E-state index in [0.717, 1.165) is 28.1 Å². The molecule has 35 heavy (non-hydrogen) atoms. The van der Waals surface area contributed by atoms with E-state index in [1.165, 1.54) is 4.90 Å². The first-order chi connectivity index (χ1) is 16.8. The maximum atomic E-state index is 13.3. The van der Waals surface area contributed by atoms with Gasteiger partial charge in [-0.05, 0) is 54.8 Å². The van der Waals surface area contributed by atoms with Crippen LogP contribution in [0.15, 0.2) is 66.5 Å². The SMILES string of the molecule is Cc1ccc(C)c(CN2C(=O)C(=O)/C(=C(\O)c3ccc4c(c3)N(C)CCO4)C2c2cccnc2)c1. The molecule has 178 valence electrons. The van der Waals surface area contributed by atoms with Crippen molar-refractivity contribution < 1.29 is 19.4 Å². The number of aryl methyl sites for hydroxylation is 2. The molecule has 7 heteroatoms. The van der Waals surface area contributed by atoms with E-state index in [4.69, 9.17) is 4.74 Å². The number of likely N-dealkylation sites (N-methyl/N-ethyl adjacent to an activating group) is 1. The monoisotopic (exact) mass is 469 g/mol. The van der Waals surface area contributed by atoms with Crippen LogP contribution < -0.4 is 9.64 Å². The van der Waals surface area contributed by atoms with Gasteiger partial charge in [0.1, 0.15) is 18.1 Å². The number of aliphatic hydroxyl groups excluding tert-OH is 1. The summed E-state index contributed by atoms with van der Waals surface area (Å²) in [6.45, 7) is 5.52. The Morgan fingerprint density at radius 1 is 1.14 bits per heavy atom. The van der Waals surface area contributed by atoms with Gasteiger partial charge in [0, 0.05) is 31.5 Å². The number of likely N-dealkylation sites (tertiary alicyclic amines) is 1. The molecule has 1 amide bonds. The summed E-state index contributed by atoms with van der Waals surface area (Å²) < 4.78 is 5.71. The first-order valence-corrected chi connectivity index (χ1v) is 11.6. The standard InChI is InChI=1S/C28H27N3O4/c1-17-6-7-18(2)21(13-17)16-31-25(20-5-4-10-29-15-20)24(27(33)28(31)34)26(32)19-8-9-23-22(14-19)30(3)11-12-35-23/h4-10,13-15,25,32H,11-12,16H2,1-3H3/b26-24-. The fraction of sp³-hybridized carbons (Fsp3) is 0.250. The molecule has 1 atom stereocenters. The van der Waals surface area contributed by atoms with Crippen molar-refractivity contribution in [3.05, 3.63) is 94.3 Å². The van der Waals surface area contributed by atoms with Crippen molar-refractivity contribution in [1.29, 1.82) is 0 Å². The van der Waals surface area contributed by atoms with Crippen LogP contribution in [0.1, 0.15) is 33.9 Å². The minimum atomic E-state index is -0.756. The molecule has 2 aliphatic heterocycles. The summed E-state index contributed by atoms with van der Waals surface area (Å²) in [6.07, 6.45) is 3.27. The number of aromatic nitrogens is 1. The number of hydrogen-bond donors (Lipinski definition) is 1. The zero-order valence-electron chi connectivity index (χ0n) is 20.0. The van der Waals surface area contributed by atoms with E-state index in [0.29, 0.717) is 24.3 Å². The quantitative estimate of drug-likeness (QED) is 0.351. The molecule has 0 saturated carbocycles. The van der Waals surface area contributed by atoms with Crippen molar-refractivity contribution in [1.82, 2.24) is 9.88 Å². The van der Waals surface area contributed by atoms with Gasteiger partial charge in [-0.3, -0.25) is 14.6 Å². The molecule has 1 fully saturated rings. The van der Waals surface area contributed by atoms with Crippen molar-refractivity contribution >= 4 is 23.1 Å². The van der Waals surface area contributed by atoms with Crippen LogP contribution in [-0.2, 0) is 16.1 Å². The topological polar surface area (TPSA) is 83.0 Å². The summed E-state index contributed by atoms with van der Waals surface area (Å²) in [6, 6.07) is 14.2. The summed E-state index contributed by atoms with van der Waals surface area (Å²) in [5, 5.41) is 11.4. The summed E-state index contributed by atoms with van der Waals surface area (Å²) in [7, 11) is 1.95. The van der Waals surface area contributed by atoms with Crippen molar-refractivity contribution in [3.8, 4) is 5.75 Å². The maximum Gasteiger partial charge on any atom is 0.295 e. The Kier molecular flexibility index (Phi) is 5.76. The summed E-state index contributed by atoms with van der Waals surface area (Å²) in [5.74, 6) is -0.833. The number of hydrogen-bond acceptors (Lipinski definition) is 6. The molecule has 7 nitrogen and oxygen atoms in total. The highest BCUT2D eigenvalue weighted by atomic mass is 16.5. The molecule has 0 aliphatic carbocycles. The molecule has 2 aromatic carbocycles. The molecule has 3 aromatic rings. The third-order valence-electron chi connectivity index (χ3n) is 6.71. The Morgan fingerprint density at radius 3 is 2.74 bits per heavy atom. The Morgan fingerprint density at radius 2 is 1.97 bits per heavy atom. The fourth-order valence-corrected chi connectivity index (χ4v) is 4.73. The fourth-order valence-electron chi connectivity index (χ4n) is 4.73. The van der Waals surface area contributed by atoms with Crippen molar-refractivity contribution in [2.45, 2.75) is 26.4 Å². The average Bonchev–Trinajstić information content (AvgIpc) is 3.11. The molecule has 0 bridgehead atoms. The summed E-state index contributed by atoms with van der Waals surface area (Å²) in [4.78, 5) is 34.4. The van der Waals surface area contributed by atoms with Crippen LogP contribution in [0.4, 0.5) is 5.69 Å². The normalized spacial score (nSPS) is 19.0. The second-order valence-electron chi connectivity index (χ2n) is 9.10. The highest BCUT2D eigenvalue weighted by Crippen LogP contribution is 2.41. The Hall–Kier alpha value is -4.13. The van der Waals surface area contributed by atoms with Gasteiger partial charge >= 0.3 is 0 Å². The van der Waals surface area contributed by atoms with Crippen LogP contribution >= 0.6 is 0 Å². The first kappa shape index (κ1) is 22.7. The van der Waals surface area contributed by atoms with Gasteiger partial charge in [-0.15, -0.1) is 0 Å². The minimum Gasteiger partial charge on any atom is -0.507 e. The molecule has 0 spiro atoms. The molecule has 1 N–H and O–H groups in total. The molecule has 1 saturated heterocycles. The van der Waals surface area contributed by atoms with E-state index in [1.807, 2.05) is 50.1 Å². The zero-order chi connectivity index (χ0) is 24.7. The molecule has 5 rings (SSSR count).